The third-order valence-corrected chi connectivity index (χ3v) is 2.01. The number of nitrogens with zero attached hydrogens (tertiary/aromatic N) is 2. The predicted molar refractivity (Wildman–Crippen MR) is 52.2 cm³/mol. The summed E-state index contributed by atoms with van der Waals surface area (Å²) in [6, 6.07) is 0.455. The van der Waals surface area contributed by atoms with Gasteiger partial charge in [0.25, 0.3) is 0 Å². The number of aromatic nitrogens is 2. The van der Waals surface area contributed by atoms with Crippen LogP contribution in [-0.2, 0) is 0 Å². The van der Waals surface area contributed by atoms with Crippen molar-refractivity contribution in [3.05, 3.63) is 24.5 Å². The van der Waals surface area contributed by atoms with Gasteiger partial charge < -0.3 is 11.1 Å². The fraction of sp³-hybridized carbons (Fsp3) is 0.333. The number of hydrogen-bond donors (Lipinski definition) is 2. The summed E-state index contributed by atoms with van der Waals surface area (Å²) >= 11 is 0. The van der Waals surface area contributed by atoms with Crippen molar-refractivity contribution in [3.8, 4) is 0 Å². The van der Waals surface area contributed by atoms with E-state index in [1.165, 1.54) is 6.20 Å². The van der Waals surface area contributed by atoms with Gasteiger partial charge in [-0.15, -0.1) is 0 Å². The fourth-order valence-electron chi connectivity index (χ4n) is 1.39. The lowest BCUT2D eigenvalue weighted by Gasteiger charge is -2.11. The summed E-state index contributed by atoms with van der Waals surface area (Å²) in [6.07, 6.45) is 9.66. The summed E-state index contributed by atoms with van der Waals surface area (Å²) in [5.74, 6) is 1.21. The molecule has 2 rings (SSSR count). The van der Waals surface area contributed by atoms with Crippen molar-refractivity contribution in [2.24, 2.45) is 0 Å². The van der Waals surface area contributed by atoms with E-state index < -0.39 is 0 Å². The second-order valence-electron chi connectivity index (χ2n) is 3.11. The average molecular weight is 176 g/mol. The van der Waals surface area contributed by atoms with Crippen LogP contribution in [0.3, 0.4) is 0 Å². The molecule has 1 aliphatic rings. The molecule has 0 atom stereocenters. The van der Waals surface area contributed by atoms with E-state index in [9.17, 15) is 0 Å². The molecule has 0 spiro atoms. The zero-order valence-electron chi connectivity index (χ0n) is 7.27. The summed E-state index contributed by atoms with van der Waals surface area (Å²) in [4.78, 5) is 8.07. The lowest BCUT2D eigenvalue weighted by Crippen LogP contribution is -2.16. The number of hydrogen-bond acceptors (Lipinski definition) is 4. The minimum absolute atomic E-state index is 0.455. The van der Waals surface area contributed by atoms with Crippen molar-refractivity contribution in [1.29, 1.82) is 0 Å². The van der Waals surface area contributed by atoms with Gasteiger partial charge in [0.05, 0.1) is 12.4 Å². The molecule has 4 heteroatoms. The normalized spacial score (nSPS) is 16.3. The number of nitrogen functional groups attached to an aromatic ring is 1. The molecule has 3 N–H and O–H groups in total. The smallest absolute Gasteiger partial charge is 0.147 e. The largest absolute Gasteiger partial charge is 0.382 e. The fourth-order valence-corrected chi connectivity index (χ4v) is 1.39. The molecular formula is C9H12N4. The molecule has 1 aromatic rings. The Morgan fingerprint density at radius 3 is 2.77 bits per heavy atom. The van der Waals surface area contributed by atoms with E-state index in [0.29, 0.717) is 11.9 Å². The molecule has 1 aromatic heterocycles. The molecule has 4 nitrogen and oxygen atoms in total. The van der Waals surface area contributed by atoms with Gasteiger partial charge in [0.1, 0.15) is 11.6 Å². The first kappa shape index (κ1) is 8.04. The minimum atomic E-state index is 0.455. The van der Waals surface area contributed by atoms with Crippen LogP contribution in [0.5, 0.6) is 0 Å². The van der Waals surface area contributed by atoms with E-state index >= 15 is 0 Å². The van der Waals surface area contributed by atoms with Crippen LogP contribution in [0.1, 0.15) is 12.8 Å². The Bertz CT molecular complexity index is 313. The molecule has 0 aromatic carbocycles. The quantitative estimate of drug-likeness (QED) is 0.664. The highest BCUT2D eigenvalue weighted by Crippen LogP contribution is 2.14. The molecule has 1 heterocycles. The van der Waals surface area contributed by atoms with Crippen LogP contribution in [0, 0.1) is 0 Å². The lowest BCUT2D eigenvalue weighted by molar-refractivity contribution is 0.780. The second-order valence-corrected chi connectivity index (χ2v) is 3.11. The summed E-state index contributed by atoms with van der Waals surface area (Å²) in [5, 5.41) is 3.27. The van der Waals surface area contributed by atoms with Gasteiger partial charge in [-0.05, 0) is 12.8 Å². The third kappa shape index (κ3) is 1.96. The first-order valence-corrected chi connectivity index (χ1v) is 4.33. The first-order valence-electron chi connectivity index (χ1n) is 4.33. The van der Waals surface area contributed by atoms with Crippen molar-refractivity contribution < 1.29 is 0 Å². The van der Waals surface area contributed by atoms with Crippen molar-refractivity contribution in [1.82, 2.24) is 9.97 Å². The first-order chi connectivity index (χ1) is 6.34. The molecule has 68 valence electrons. The third-order valence-electron chi connectivity index (χ3n) is 2.01. The number of anilines is 2. The Morgan fingerprint density at radius 2 is 2.08 bits per heavy atom. The molecule has 0 radical (unpaired) electrons. The van der Waals surface area contributed by atoms with Crippen LogP contribution in [0.4, 0.5) is 11.6 Å². The van der Waals surface area contributed by atoms with Crippen molar-refractivity contribution in [2.75, 3.05) is 11.1 Å². The van der Waals surface area contributed by atoms with Crippen LogP contribution >= 0.6 is 0 Å². The standard InChI is InChI=1S/C9H12N4/c10-8-5-11-6-9(13-8)12-7-3-1-2-4-7/h1-2,5-7H,3-4H2,(H3,10,12,13). The monoisotopic (exact) mass is 176 g/mol. The predicted octanol–water partition coefficient (Wildman–Crippen LogP) is 1.19. The van der Waals surface area contributed by atoms with Gasteiger partial charge in [0.15, 0.2) is 0 Å². The van der Waals surface area contributed by atoms with Gasteiger partial charge in [-0.1, -0.05) is 12.2 Å². The SMILES string of the molecule is Nc1cncc(NC2CC=CC2)n1. The zero-order chi connectivity index (χ0) is 9.10. The Labute approximate surface area is 76.9 Å². The summed E-state index contributed by atoms with van der Waals surface area (Å²) in [5.41, 5.74) is 5.50. The molecule has 0 saturated heterocycles. The van der Waals surface area contributed by atoms with Gasteiger partial charge in [-0.2, -0.15) is 0 Å². The Morgan fingerprint density at radius 1 is 1.31 bits per heavy atom. The topological polar surface area (TPSA) is 63.8 Å². The zero-order valence-corrected chi connectivity index (χ0v) is 7.27. The molecular weight excluding hydrogens is 164 g/mol. The van der Waals surface area contributed by atoms with Crippen LogP contribution in [0.15, 0.2) is 24.5 Å². The summed E-state index contributed by atoms with van der Waals surface area (Å²) in [7, 11) is 0. The maximum absolute atomic E-state index is 5.50. The molecule has 0 aliphatic heterocycles. The van der Waals surface area contributed by atoms with E-state index in [1.54, 1.807) is 6.20 Å². The van der Waals surface area contributed by atoms with E-state index in [-0.39, 0.29) is 0 Å². The van der Waals surface area contributed by atoms with Crippen molar-refractivity contribution in [3.63, 3.8) is 0 Å². The van der Waals surface area contributed by atoms with E-state index in [1.807, 2.05) is 0 Å². The molecule has 0 bridgehead atoms. The summed E-state index contributed by atoms with van der Waals surface area (Å²) in [6.45, 7) is 0. The average Bonchev–Trinajstić information content (AvgIpc) is 2.57. The maximum atomic E-state index is 5.50. The van der Waals surface area contributed by atoms with E-state index in [2.05, 4.69) is 27.4 Å². The van der Waals surface area contributed by atoms with Crippen LogP contribution < -0.4 is 11.1 Å². The second kappa shape index (κ2) is 3.43. The molecule has 0 saturated carbocycles. The highest BCUT2D eigenvalue weighted by atomic mass is 15.1. The maximum Gasteiger partial charge on any atom is 0.147 e. The van der Waals surface area contributed by atoms with Crippen LogP contribution in [-0.4, -0.2) is 16.0 Å². The lowest BCUT2D eigenvalue weighted by atomic mass is 10.2. The molecule has 1 aliphatic carbocycles. The molecule has 0 amide bonds. The minimum Gasteiger partial charge on any atom is -0.382 e. The Balaban J connectivity index is 2.01. The molecule has 0 fully saturated rings. The number of nitrogens with two attached hydrogens (primary N) is 1. The van der Waals surface area contributed by atoms with Gasteiger partial charge in [-0.3, -0.25) is 4.98 Å². The molecule has 0 unspecified atom stereocenters. The highest BCUT2D eigenvalue weighted by Gasteiger charge is 2.09. The van der Waals surface area contributed by atoms with Crippen molar-refractivity contribution >= 4 is 11.6 Å². The Hall–Kier alpha value is -1.58. The van der Waals surface area contributed by atoms with Gasteiger partial charge in [0.2, 0.25) is 0 Å². The summed E-state index contributed by atoms with van der Waals surface area (Å²) < 4.78 is 0. The van der Waals surface area contributed by atoms with Gasteiger partial charge in [0, 0.05) is 6.04 Å². The van der Waals surface area contributed by atoms with Crippen LogP contribution in [0.2, 0.25) is 0 Å². The molecule has 13 heavy (non-hydrogen) atoms. The van der Waals surface area contributed by atoms with E-state index in [4.69, 9.17) is 5.73 Å². The van der Waals surface area contributed by atoms with Gasteiger partial charge in [-0.25, -0.2) is 4.98 Å². The highest BCUT2D eigenvalue weighted by molar-refractivity contribution is 5.39. The van der Waals surface area contributed by atoms with Gasteiger partial charge >= 0.3 is 0 Å². The van der Waals surface area contributed by atoms with E-state index in [0.717, 1.165) is 18.7 Å². The number of nitrogens with one attached hydrogen (secondary N) is 1. The van der Waals surface area contributed by atoms with Crippen molar-refractivity contribution in [2.45, 2.75) is 18.9 Å². The number of rotatable bonds is 2. The van der Waals surface area contributed by atoms with Crippen LogP contribution in [0.25, 0.3) is 0 Å². The Kier molecular flexibility index (Phi) is 2.12.